The monoisotopic (exact) mass is 538 g/mol. The van der Waals surface area contributed by atoms with Crippen LogP contribution in [0.5, 0.6) is 0 Å². The van der Waals surface area contributed by atoms with Crippen LogP contribution in [0.4, 0.5) is 0 Å². The van der Waals surface area contributed by atoms with Gasteiger partial charge in [0.1, 0.15) is 12.1 Å². The molecule has 0 radical (unpaired) electrons. The van der Waals surface area contributed by atoms with Crippen LogP contribution in [-0.2, 0) is 20.8 Å². The number of aromatic amines is 1. The minimum absolute atomic E-state index is 0.141. The molecule has 0 spiro atoms. The molecule has 40 heavy (non-hydrogen) atoms. The van der Waals surface area contributed by atoms with E-state index < -0.39 is 29.7 Å². The summed E-state index contributed by atoms with van der Waals surface area (Å²) in [5.74, 6) is -2.67. The van der Waals surface area contributed by atoms with Gasteiger partial charge in [-0.15, -0.1) is 0 Å². The van der Waals surface area contributed by atoms with Crippen LogP contribution >= 0.6 is 0 Å². The fourth-order valence-electron chi connectivity index (χ4n) is 4.71. The van der Waals surface area contributed by atoms with Crippen molar-refractivity contribution in [2.24, 2.45) is 5.92 Å². The third-order valence-corrected chi connectivity index (χ3v) is 7.15. The third kappa shape index (κ3) is 6.29. The molecule has 0 unspecified atom stereocenters. The number of H-pyrrole nitrogens is 1. The van der Waals surface area contributed by atoms with Crippen molar-refractivity contribution in [1.82, 2.24) is 20.9 Å². The average Bonchev–Trinajstić information content (AvgIpc) is 3.38. The number of rotatable bonds is 11. The molecule has 1 aromatic heterocycles. The van der Waals surface area contributed by atoms with Crippen molar-refractivity contribution in [3.05, 3.63) is 96.1 Å². The van der Waals surface area contributed by atoms with E-state index in [-0.39, 0.29) is 23.8 Å². The van der Waals surface area contributed by atoms with Crippen LogP contribution in [-0.4, -0.2) is 47.6 Å². The topological polar surface area (TPSA) is 120 Å². The number of ketones is 1. The van der Waals surface area contributed by atoms with Crippen LogP contribution in [0.25, 0.3) is 22.2 Å². The number of nitrogens with one attached hydrogen (secondary N) is 4. The molecule has 4 rings (SSSR count). The summed E-state index contributed by atoms with van der Waals surface area (Å²) in [7, 11) is 1.51. The number of carbonyl (C=O) groups is 4. The van der Waals surface area contributed by atoms with Gasteiger partial charge in [-0.3, -0.25) is 19.2 Å². The molecule has 1 heterocycles. The van der Waals surface area contributed by atoms with Gasteiger partial charge in [0.15, 0.2) is 0 Å². The van der Waals surface area contributed by atoms with Crippen molar-refractivity contribution in [2.45, 2.75) is 38.8 Å². The first kappa shape index (κ1) is 28.3. The lowest BCUT2D eigenvalue weighted by Crippen LogP contribution is -2.56. The Kier molecular flexibility index (Phi) is 9.11. The van der Waals surface area contributed by atoms with E-state index in [1.807, 2.05) is 86.6 Å². The molecule has 0 aliphatic carbocycles. The maximum absolute atomic E-state index is 13.7. The molecule has 3 amide bonds. The van der Waals surface area contributed by atoms with E-state index >= 15 is 0 Å². The molecule has 4 N–H and O–H groups in total. The number of hydrogen-bond donors (Lipinski definition) is 4. The number of likely N-dealkylation sites (N-methyl/N-ethyl adjacent to an activating group) is 1. The van der Waals surface area contributed by atoms with Gasteiger partial charge in [-0.05, 0) is 23.1 Å². The maximum Gasteiger partial charge on any atom is 0.293 e. The molecule has 8 nitrogen and oxygen atoms in total. The highest BCUT2D eigenvalue weighted by atomic mass is 16.2. The first-order valence-electron chi connectivity index (χ1n) is 13.4. The number of amides is 3. The van der Waals surface area contributed by atoms with Crippen LogP contribution < -0.4 is 16.0 Å². The summed E-state index contributed by atoms with van der Waals surface area (Å²) in [6, 6.07) is 23.9. The molecule has 206 valence electrons. The van der Waals surface area contributed by atoms with E-state index in [1.165, 1.54) is 7.05 Å². The highest BCUT2D eigenvalue weighted by molar-refractivity contribution is 6.46. The maximum atomic E-state index is 13.7. The molecule has 0 saturated heterocycles. The highest BCUT2D eigenvalue weighted by Crippen LogP contribution is 2.30. The Morgan fingerprint density at radius 3 is 2.08 bits per heavy atom. The zero-order valence-electron chi connectivity index (χ0n) is 22.9. The lowest BCUT2D eigenvalue weighted by Gasteiger charge is -2.26. The minimum atomic E-state index is -1.08. The number of hydrogen-bond acceptors (Lipinski definition) is 4. The number of Topliss-reactive ketones (excluding diaryl/α,β-unsaturated/α-hetero) is 1. The van der Waals surface area contributed by atoms with Crippen molar-refractivity contribution in [1.29, 1.82) is 0 Å². The summed E-state index contributed by atoms with van der Waals surface area (Å²) < 4.78 is 0. The van der Waals surface area contributed by atoms with Gasteiger partial charge in [-0.25, -0.2) is 0 Å². The van der Waals surface area contributed by atoms with Gasteiger partial charge < -0.3 is 20.9 Å². The fourth-order valence-corrected chi connectivity index (χ4v) is 4.71. The quantitative estimate of drug-likeness (QED) is 0.170. The van der Waals surface area contributed by atoms with E-state index in [1.54, 1.807) is 12.1 Å². The fraction of sp³-hybridized carbons (Fsp3) is 0.250. The molecule has 0 fully saturated rings. The number of carbonyl (C=O) groups excluding carboxylic acids is 4. The van der Waals surface area contributed by atoms with E-state index in [0.717, 1.165) is 16.6 Å². The second-order valence-corrected chi connectivity index (χ2v) is 9.82. The Morgan fingerprint density at radius 1 is 0.800 bits per heavy atom. The Balaban J connectivity index is 1.66. The lowest BCUT2D eigenvalue weighted by molar-refractivity contribution is -0.132. The second-order valence-electron chi connectivity index (χ2n) is 9.82. The first-order chi connectivity index (χ1) is 19.3. The van der Waals surface area contributed by atoms with Gasteiger partial charge in [0.2, 0.25) is 11.8 Å². The van der Waals surface area contributed by atoms with Crippen molar-refractivity contribution >= 4 is 34.4 Å². The predicted molar refractivity (Wildman–Crippen MR) is 156 cm³/mol. The van der Waals surface area contributed by atoms with Gasteiger partial charge in [0.25, 0.3) is 11.7 Å². The van der Waals surface area contributed by atoms with Gasteiger partial charge in [0.05, 0.1) is 11.3 Å². The summed E-state index contributed by atoms with van der Waals surface area (Å²) in [5.41, 5.74) is 3.05. The molecule has 0 aliphatic heterocycles. The standard InChI is InChI=1S/C32H34N4O4/c1-4-20(2)27(31(39)33-3)36-30(38)25(19-21-13-7-5-8-14-21)35-32(40)29(37)26-23-17-11-12-18-24(23)34-28(26)22-15-9-6-10-16-22/h5-18,20,25,27,34H,4,19H2,1-3H3,(H,33,39)(H,35,40)(H,36,38)/t20-,25-,27-/m0/s1. The van der Waals surface area contributed by atoms with E-state index in [9.17, 15) is 19.2 Å². The lowest BCUT2D eigenvalue weighted by atomic mass is 9.97. The molecule has 3 aromatic carbocycles. The Bertz CT molecular complexity index is 1500. The van der Waals surface area contributed by atoms with E-state index in [4.69, 9.17) is 0 Å². The van der Waals surface area contributed by atoms with Crippen LogP contribution in [0.2, 0.25) is 0 Å². The Labute approximate surface area is 233 Å². The normalized spacial score (nSPS) is 13.2. The second kappa shape index (κ2) is 12.9. The van der Waals surface area contributed by atoms with Gasteiger partial charge in [-0.1, -0.05) is 99.1 Å². The zero-order chi connectivity index (χ0) is 28.6. The molecule has 0 aliphatic rings. The van der Waals surface area contributed by atoms with Gasteiger partial charge >= 0.3 is 0 Å². The summed E-state index contributed by atoms with van der Waals surface area (Å²) >= 11 is 0. The number of benzene rings is 3. The zero-order valence-corrected chi connectivity index (χ0v) is 22.9. The van der Waals surface area contributed by atoms with Crippen molar-refractivity contribution in [3.63, 3.8) is 0 Å². The molecule has 8 heteroatoms. The summed E-state index contributed by atoms with van der Waals surface area (Å²) in [6.45, 7) is 3.80. The van der Waals surface area contributed by atoms with Crippen molar-refractivity contribution < 1.29 is 19.2 Å². The van der Waals surface area contributed by atoms with Crippen LogP contribution in [0.1, 0.15) is 36.2 Å². The minimum Gasteiger partial charge on any atom is -0.357 e. The smallest absolute Gasteiger partial charge is 0.293 e. The molecule has 0 bridgehead atoms. The predicted octanol–water partition coefficient (Wildman–Crippen LogP) is 4.02. The third-order valence-electron chi connectivity index (χ3n) is 7.15. The number of aromatic nitrogens is 1. The number of para-hydroxylation sites is 1. The first-order valence-corrected chi connectivity index (χ1v) is 13.4. The molecule has 4 aromatic rings. The largest absolute Gasteiger partial charge is 0.357 e. The Hall–Kier alpha value is -4.72. The van der Waals surface area contributed by atoms with Crippen molar-refractivity contribution in [2.75, 3.05) is 7.05 Å². The average molecular weight is 539 g/mol. The van der Waals surface area contributed by atoms with Gasteiger partial charge in [-0.2, -0.15) is 0 Å². The highest BCUT2D eigenvalue weighted by Gasteiger charge is 2.32. The SMILES string of the molecule is CC[C@H](C)[C@H](NC(=O)[C@H](Cc1ccccc1)NC(=O)C(=O)c1c(-c2ccccc2)[nH]c2ccccc12)C(=O)NC. The molecular weight excluding hydrogens is 504 g/mol. The molecule has 3 atom stereocenters. The summed E-state index contributed by atoms with van der Waals surface area (Å²) in [4.78, 5) is 56.6. The van der Waals surface area contributed by atoms with E-state index in [2.05, 4.69) is 20.9 Å². The van der Waals surface area contributed by atoms with E-state index in [0.29, 0.717) is 17.5 Å². The number of fused-ring (bicyclic) bond motifs is 1. The van der Waals surface area contributed by atoms with Crippen LogP contribution in [0.3, 0.4) is 0 Å². The Morgan fingerprint density at radius 2 is 1.43 bits per heavy atom. The molecule has 0 saturated carbocycles. The summed E-state index contributed by atoms with van der Waals surface area (Å²) in [5, 5.41) is 8.68. The summed E-state index contributed by atoms with van der Waals surface area (Å²) in [6.07, 6.45) is 0.807. The van der Waals surface area contributed by atoms with Crippen molar-refractivity contribution in [3.8, 4) is 11.3 Å². The van der Waals surface area contributed by atoms with Gasteiger partial charge in [0, 0.05) is 24.4 Å². The van der Waals surface area contributed by atoms with Crippen LogP contribution in [0, 0.1) is 5.92 Å². The molecular formula is C32H34N4O4. The van der Waals surface area contributed by atoms with Crippen LogP contribution in [0.15, 0.2) is 84.9 Å².